The van der Waals surface area contributed by atoms with Crippen molar-refractivity contribution in [1.29, 1.82) is 0 Å². The number of rotatable bonds is 4. The van der Waals surface area contributed by atoms with Crippen LogP contribution in [0.3, 0.4) is 0 Å². The summed E-state index contributed by atoms with van der Waals surface area (Å²) in [5, 5.41) is 9.21. The van der Waals surface area contributed by atoms with Crippen molar-refractivity contribution in [3.63, 3.8) is 0 Å². The van der Waals surface area contributed by atoms with Gasteiger partial charge < -0.3 is 5.11 Å². The van der Waals surface area contributed by atoms with Crippen molar-refractivity contribution in [2.24, 2.45) is 5.92 Å². The number of carboxylic acids is 1. The van der Waals surface area contributed by atoms with Gasteiger partial charge in [-0.2, -0.15) is 0 Å². The van der Waals surface area contributed by atoms with Gasteiger partial charge in [0.05, 0.1) is 5.92 Å². The molecule has 1 aromatic carbocycles. The number of hydrogen-bond donors (Lipinski definition) is 1. The molecule has 2 heteroatoms. The SMILES string of the molecule is CCC(C(=O)O)C1(c2ccccc2)CC1. The molecular weight excluding hydrogens is 188 g/mol. The van der Waals surface area contributed by atoms with E-state index in [9.17, 15) is 9.90 Å². The van der Waals surface area contributed by atoms with Crippen molar-refractivity contribution in [2.45, 2.75) is 31.6 Å². The topological polar surface area (TPSA) is 37.3 Å². The molecule has 0 bridgehead atoms. The minimum atomic E-state index is -0.654. The third-order valence-corrected chi connectivity index (χ3v) is 3.51. The number of aliphatic carboxylic acids is 1. The summed E-state index contributed by atoms with van der Waals surface area (Å²) < 4.78 is 0. The van der Waals surface area contributed by atoms with E-state index in [0.29, 0.717) is 6.42 Å². The summed E-state index contributed by atoms with van der Waals surface area (Å²) in [7, 11) is 0. The Hall–Kier alpha value is -1.31. The summed E-state index contributed by atoms with van der Waals surface area (Å²) >= 11 is 0. The van der Waals surface area contributed by atoms with E-state index in [-0.39, 0.29) is 11.3 Å². The van der Waals surface area contributed by atoms with Gasteiger partial charge in [0, 0.05) is 5.41 Å². The lowest BCUT2D eigenvalue weighted by Gasteiger charge is -2.22. The molecule has 1 atom stereocenters. The van der Waals surface area contributed by atoms with Gasteiger partial charge in [0.25, 0.3) is 0 Å². The van der Waals surface area contributed by atoms with Gasteiger partial charge >= 0.3 is 5.97 Å². The molecule has 1 aliphatic carbocycles. The van der Waals surface area contributed by atoms with Gasteiger partial charge in [0.2, 0.25) is 0 Å². The van der Waals surface area contributed by atoms with E-state index in [1.807, 2.05) is 25.1 Å². The first-order valence-electron chi connectivity index (χ1n) is 5.49. The number of benzene rings is 1. The predicted octanol–water partition coefficient (Wildman–Crippen LogP) is 2.83. The molecule has 0 heterocycles. The predicted molar refractivity (Wildman–Crippen MR) is 58.8 cm³/mol. The summed E-state index contributed by atoms with van der Waals surface area (Å²) in [4.78, 5) is 11.2. The van der Waals surface area contributed by atoms with Crippen molar-refractivity contribution in [3.05, 3.63) is 35.9 Å². The molecular formula is C13H16O2. The number of carbonyl (C=O) groups is 1. The molecule has 2 nitrogen and oxygen atoms in total. The Morgan fingerprint density at radius 1 is 1.40 bits per heavy atom. The monoisotopic (exact) mass is 204 g/mol. The van der Waals surface area contributed by atoms with E-state index >= 15 is 0 Å². The maximum atomic E-state index is 11.2. The lowest BCUT2D eigenvalue weighted by molar-refractivity contribution is -0.143. The van der Waals surface area contributed by atoms with Crippen LogP contribution in [-0.2, 0) is 10.2 Å². The minimum absolute atomic E-state index is 0.0676. The molecule has 1 unspecified atom stereocenters. The molecule has 0 amide bonds. The average molecular weight is 204 g/mol. The fraction of sp³-hybridized carbons (Fsp3) is 0.462. The Morgan fingerprint density at radius 2 is 2.00 bits per heavy atom. The van der Waals surface area contributed by atoms with Crippen LogP contribution in [0.15, 0.2) is 30.3 Å². The molecule has 0 aliphatic heterocycles. The van der Waals surface area contributed by atoms with Crippen LogP contribution in [0, 0.1) is 5.92 Å². The molecule has 1 N–H and O–H groups in total. The second-order valence-electron chi connectivity index (χ2n) is 4.32. The summed E-state index contributed by atoms with van der Waals surface area (Å²) in [5.41, 5.74) is 1.13. The zero-order valence-corrected chi connectivity index (χ0v) is 8.94. The lowest BCUT2D eigenvalue weighted by Crippen LogP contribution is -2.27. The molecule has 1 saturated carbocycles. The molecule has 0 spiro atoms. The minimum Gasteiger partial charge on any atom is -0.481 e. The number of carboxylic acid groups (broad SMARTS) is 1. The molecule has 2 rings (SSSR count). The second kappa shape index (κ2) is 3.69. The Labute approximate surface area is 89.9 Å². The summed E-state index contributed by atoms with van der Waals surface area (Å²) in [5.74, 6) is -0.876. The van der Waals surface area contributed by atoms with Crippen molar-refractivity contribution < 1.29 is 9.90 Å². The van der Waals surface area contributed by atoms with Gasteiger partial charge in [-0.1, -0.05) is 37.3 Å². The van der Waals surface area contributed by atoms with Gasteiger partial charge in [-0.15, -0.1) is 0 Å². The average Bonchev–Trinajstić information content (AvgIpc) is 3.01. The lowest BCUT2D eigenvalue weighted by atomic mass is 9.81. The highest BCUT2D eigenvalue weighted by Gasteiger charge is 2.52. The van der Waals surface area contributed by atoms with Gasteiger partial charge in [-0.05, 0) is 24.8 Å². The highest BCUT2D eigenvalue weighted by atomic mass is 16.4. The summed E-state index contributed by atoms with van der Waals surface area (Å²) in [6.07, 6.45) is 2.74. The molecule has 1 fully saturated rings. The van der Waals surface area contributed by atoms with Crippen molar-refractivity contribution >= 4 is 5.97 Å². The van der Waals surface area contributed by atoms with Crippen molar-refractivity contribution in [3.8, 4) is 0 Å². The quantitative estimate of drug-likeness (QED) is 0.818. The zero-order chi connectivity index (χ0) is 10.9. The van der Waals surface area contributed by atoms with Crippen molar-refractivity contribution in [2.75, 3.05) is 0 Å². The van der Waals surface area contributed by atoms with Crippen LogP contribution in [0.2, 0.25) is 0 Å². The van der Waals surface area contributed by atoms with Crippen molar-refractivity contribution in [1.82, 2.24) is 0 Å². The zero-order valence-electron chi connectivity index (χ0n) is 8.94. The first-order chi connectivity index (χ1) is 7.20. The van der Waals surface area contributed by atoms with E-state index in [4.69, 9.17) is 0 Å². The van der Waals surface area contributed by atoms with E-state index in [2.05, 4.69) is 12.1 Å². The standard InChI is InChI=1S/C13H16O2/c1-2-11(12(14)15)13(8-9-13)10-6-4-3-5-7-10/h3-7,11H,2,8-9H2,1H3,(H,14,15). The fourth-order valence-corrected chi connectivity index (χ4v) is 2.54. The maximum absolute atomic E-state index is 11.2. The highest BCUT2D eigenvalue weighted by molar-refractivity contribution is 5.73. The van der Waals surface area contributed by atoms with Crippen LogP contribution < -0.4 is 0 Å². The third-order valence-electron chi connectivity index (χ3n) is 3.51. The molecule has 15 heavy (non-hydrogen) atoms. The third kappa shape index (κ3) is 1.65. The van der Waals surface area contributed by atoms with Gasteiger partial charge in [-0.3, -0.25) is 4.79 Å². The summed E-state index contributed by atoms with van der Waals surface area (Å²) in [6.45, 7) is 1.96. The first kappa shape index (κ1) is 10.2. The molecule has 1 aliphatic rings. The van der Waals surface area contributed by atoms with E-state index in [1.165, 1.54) is 5.56 Å². The fourth-order valence-electron chi connectivity index (χ4n) is 2.54. The molecule has 0 radical (unpaired) electrons. The van der Waals surface area contributed by atoms with E-state index in [1.54, 1.807) is 0 Å². The molecule has 0 saturated heterocycles. The smallest absolute Gasteiger partial charge is 0.307 e. The largest absolute Gasteiger partial charge is 0.481 e. The van der Waals surface area contributed by atoms with Crippen LogP contribution in [0.1, 0.15) is 31.7 Å². The molecule has 0 aromatic heterocycles. The van der Waals surface area contributed by atoms with Crippen LogP contribution in [0.25, 0.3) is 0 Å². The van der Waals surface area contributed by atoms with Crippen LogP contribution in [-0.4, -0.2) is 11.1 Å². The highest BCUT2D eigenvalue weighted by Crippen LogP contribution is 2.54. The normalized spacial score (nSPS) is 19.5. The van der Waals surface area contributed by atoms with E-state index < -0.39 is 5.97 Å². The Kier molecular flexibility index (Phi) is 2.51. The van der Waals surface area contributed by atoms with Gasteiger partial charge in [0.15, 0.2) is 0 Å². The Balaban J connectivity index is 2.31. The number of hydrogen-bond acceptors (Lipinski definition) is 1. The molecule has 80 valence electrons. The van der Waals surface area contributed by atoms with Gasteiger partial charge in [0.1, 0.15) is 0 Å². The second-order valence-corrected chi connectivity index (χ2v) is 4.32. The first-order valence-corrected chi connectivity index (χ1v) is 5.49. The van der Waals surface area contributed by atoms with Gasteiger partial charge in [-0.25, -0.2) is 0 Å². The Bertz CT molecular complexity index is 352. The Morgan fingerprint density at radius 3 is 2.40 bits per heavy atom. The van der Waals surface area contributed by atoms with Crippen LogP contribution in [0.4, 0.5) is 0 Å². The van der Waals surface area contributed by atoms with Crippen LogP contribution in [0.5, 0.6) is 0 Å². The summed E-state index contributed by atoms with van der Waals surface area (Å²) in [6, 6.07) is 10.1. The maximum Gasteiger partial charge on any atom is 0.307 e. The molecule has 1 aromatic rings. The van der Waals surface area contributed by atoms with E-state index in [0.717, 1.165) is 12.8 Å². The van der Waals surface area contributed by atoms with Crippen LogP contribution >= 0.6 is 0 Å².